The molecule has 1 unspecified atom stereocenters. The molecule has 3 aliphatic rings. The van der Waals surface area contributed by atoms with Crippen LogP contribution in [-0.4, -0.2) is 120 Å². The molecule has 3 aliphatic heterocycles. The monoisotopic (exact) mass is 650 g/mol. The molecule has 47 heavy (non-hydrogen) atoms. The van der Waals surface area contributed by atoms with Gasteiger partial charge in [-0.2, -0.15) is 5.26 Å². The third kappa shape index (κ3) is 7.04. The second kappa shape index (κ2) is 13.6. The first-order valence-corrected chi connectivity index (χ1v) is 15.4. The number of rotatable bonds is 9. The van der Waals surface area contributed by atoms with Crippen molar-refractivity contribution < 1.29 is 32.9 Å². The van der Waals surface area contributed by atoms with Crippen LogP contribution in [0, 0.1) is 11.3 Å². The largest absolute Gasteiger partial charge is 0.494 e. The van der Waals surface area contributed by atoms with E-state index >= 15 is 0 Å². The first kappa shape index (κ1) is 32.3. The lowest BCUT2D eigenvalue weighted by molar-refractivity contribution is -0.165. The predicted molar refractivity (Wildman–Crippen MR) is 167 cm³/mol. The number of aliphatic hydroxyl groups excluding tert-OH is 1. The summed E-state index contributed by atoms with van der Waals surface area (Å²) < 4.78 is 46.5. The number of amides is 1. The number of piperazine rings is 1. The van der Waals surface area contributed by atoms with Gasteiger partial charge in [0.2, 0.25) is 5.95 Å². The average Bonchev–Trinajstić information content (AvgIpc) is 3.05. The SMILES string of the molecule is COc1cc(Nc2nccc(-c3ccc(OC4CCN(C(=O)[C@H](C)O)CC4(F)F)c(C#N)c3)n2)ncc1N1CCN(C2COC2)CC1. The molecule has 0 bridgehead atoms. The van der Waals surface area contributed by atoms with Crippen LogP contribution < -0.4 is 19.7 Å². The van der Waals surface area contributed by atoms with E-state index in [4.69, 9.17) is 14.2 Å². The molecular formula is C32H36F2N8O5. The van der Waals surface area contributed by atoms with Gasteiger partial charge < -0.3 is 34.4 Å². The van der Waals surface area contributed by atoms with E-state index in [1.165, 1.54) is 19.1 Å². The third-order valence-electron chi connectivity index (χ3n) is 8.62. The Labute approximate surface area is 270 Å². The van der Waals surface area contributed by atoms with Crippen LogP contribution in [0.25, 0.3) is 11.3 Å². The van der Waals surface area contributed by atoms with Crippen LogP contribution in [-0.2, 0) is 9.53 Å². The molecule has 2 N–H and O–H groups in total. The zero-order chi connectivity index (χ0) is 33.1. The highest BCUT2D eigenvalue weighted by Crippen LogP contribution is 2.35. The summed E-state index contributed by atoms with van der Waals surface area (Å²) in [6.07, 6.45) is 0.246. The zero-order valence-corrected chi connectivity index (χ0v) is 26.1. The van der Waals surface area contributed by atoms with Crippen molar-refractivity contribution in [3.8, 4) is 28.8 Å². The molecule has 2 atom stereocenters. The highest BCUT2D eigenvalue weighted by Gasteiger charge is 2.48. The lowest BCUT2D eigenvalue weighted by Crippen LogP contribution is -2.56. The first-order valence-electron chi connectivity index (χ1n) is 15.4. The Morgan fingerprint density at radius 3 is 2.60 bits per heavy atom. The topological polar surface area (TPSA) is 149 Å². The van der Waals surface area contributed by atoms with Gasteiger partial charge in [-0.05, 0) is 31.2 Å². The molecule has 13 nitrogen and oxygen atoms in total. The number of methoxy groups -OCH3 is 1. The van der Waals surface area contributed by atoms with Gasteiger partial charge in [0.05, 0.1) is 56.1 Å². The summed E-state index contributed by atoms with van der Waals surface area (Å²) in [4.78, 5) is 31.1. The minimum Gasteiger partial charge on any atom is -0.494 e. The fourth-order valence-corrected chi connectivity index (χ4v) is 5.91. The van der Waals surface area contributed by atoms with Gasteiger partial charge in [0.15, 0.2) is 6.10 Å². The number of benzene rings is 1. The molecule has 6 rings (SSSR count). The maximum atomic E-state index is 14.9. The van der Waals surface area contributed by atoms with Gasteiger partial charge in [-0.1, -0.05) is 0 Å². The summed E-state index contributed by atoms with van der Waals surface area (Å²) >= 11 is 0. The van der Waals surface area contributed by atoms with Crippen LogP contribution in [0.1, 0.15) is 18.9 Å². The number of nitrogens with zero attached hydrogens (tertiary/aromatic N) is 7. The van der Waals surface area contributed by atoms with Crippen LogP contribution in [0.3, 0.4) is 0 Å². The number of ether oxygens (including phenoxy) is 3. The molecule has 15 heteroatoms. The second-order valence-electron chi connectivity index (χ2n) is 11.8. The van der Waals surface area contributed by atoms with Gasteiger partial charge in [0.1, 0.15) is 29.5 Å². The van der Waals surface area contributed by atoms with Crippen molar-refractivity contribution in [2.45, 2.75) is 37.5 Å². The number of hydrogen-bond donors (Lipinski definition) is 2. The van der Waals surface area contributed by atoms with E-state index < -0.39 is 30.6 Å². The van der Waals surface area contributed by atoms with Crippen molar-refractivity contribution in [2.24, 2.45) is 0 Å². The van der Waals surface area contributed by atoms with Crippen LogP contribution in [0.15, 0.2) is 42.7 Å². The van der Waals surface area contributed by atoms with Gasteiger partial charge in [0.25, 0.3) is 5.91 Å². The molecule has 2 aromatic heterocycles. The Morgan fingerprint density at radius 2 is 1.94 bits per heavy atom. The Balaban J connectivity index is 1.12. The number of nitriles is 1. The highest BCUT2D eigenvalue weighted by atomic mass is 19.3. The van der Waals surface area contributed by atoms with Crippen molar-refractivity contribution in [3.63, 3.8) is 0 Å². The summed E-state index contributed by atoms with van der Waals surface area (Å²) in [5, 5.41) is 22.4. The molecule has 3 saturated heterocycles. The molecule has 3 fully saturated rings. The van der Waals surface area contributed by atoms with E-state index in [9.17, 15) is 23.9 Å². The fraction of sp³-hybridized carbons (Fsp3) is 0.469. The van der Waals surface area contributed by atoms with Crippen LogP contribution in [0.5, 0.6) is 11.5 Å². The average molecular weight is 651 g/mol. The number of anilines is 3. The molecule has 1 amide bonds. The number of piperidine rings is 1. The van der Waals surface area contributed by atoms with E-state index in [1.54, 1.807) is 37.7 Å². The standard InChI is InChI=1S/C32H36F2N8O5/c1-20(43)30(44)42-8-6-28(32(33,34)19-42)47-26-4-3-21(13-22(26)15-35)24-5-7-36-31(38-24)39-29-14-27(45-2)25(16-37-29)41-11-9-40(10-12-41)23-17-46-18-23/h3-5,7,13-14,16,20,23,28,43H,6,8-12,17-19H2,1-2H3,(H,36,37,38,39)/t20-,28?/m0/s1. The molecule has 0 aliphatic carbocycles. The first-order chi connectivity index (χ1) is 22.6. The lowest BCUT2D eigenvalue weighted by atomic mass is 10.0. The zero-order valence-electron chi connectivity index (χ0n) is 26.1. The molecule has 0 spiro atoms. The van der Waals surface area contributed by atoms with Crippen molar-refractivity contribution in [3.05, 3.63) is 48.3 Å². The van der Waals surface area contributed by atoms with Crippen LogP contribution in [0.2, 0.25) is 0 Å². The Bertz CT molecular complexity index is 1640. The number of nitrogens with one attached hydrogen (secondary N) is 1. The fourth-order valence-electron chi connectivity index (χ4n) is 5.91. The molecule has 5 heterocycles. The maximum absolute atomic E-state index is 14.9. The molecule has 3 aromatic rings. The number of halogens is 2. The number of alkyl halides is 2. The number of aliphatic hydroxyl groups is 1. The maximum Gasteiger partial charge on any atom is 0.301 e. The van der Waals surface area contributed by atoms with Crippen molar-refractivity contribution in [1.29, 1.82) is 5.26 Å². The number of hydrogen-bond acceptors (Lipinski definition) is 12. The van der Waals surface area contributed by atoms with Gasteiger partial charge in [-0.25, -0.2) is 23.7 Å². The summed E-state index contributed by atoms with van der Waals surface area (Å²) in [5.74, 6) is -2.73. The third-order valence-corrected chi connectivity index (χ3v) is 8.62. The van der Waals surface area contributed by atoms with Crippen molar-refractivity contribution in [1.82, 2.24) is 24.8 Å². The normalized spacial score (nSPS) is 20.6. The van der Waals surface area contributed by atoms with E-state index in [0.717, 1.165) is 50.0 Å². The number of pyridine rings is 1. The predicted octanol–water partition coefficient (Wildman–Crippen LogP) is 2.68. The smallest absolute Gasteiger partial charge is 0.301 e. The Morgan fingerprint density at radius 1 is 1.15 bits per heavy atom. The quantitative estimate of drug-likeness (QED) is 0.351. The molecular weight excluding hydrogens is 614 g/mol. The van der Waals surface area contributed by atoms with Crippen molar-refractivity contribution >= 4 is 23.4 Å². The molecule has 248 valence electrons. The molecule has 0 radical (unpaired) electrons. The molecule has 0 saturated carbocycles. The lowest BCUT2D eigenvalue weighted by Gasteiger charge is -2.43. The Hall–Kier alpha value is -4.65. The van der Waals surface area contributed by atoms with E-state index in [2.05, 4.69) is 30.1 Å². The summed E-state index contributed by atoms with van der Waals surface area (Å²) in [6.45, 7) is 5.54. The second-order valence-corrected chi connectivity index (χ2v) is 11.8. The number of carbonyl (C=O) groups excluding carboxylic acids is 1. The van der Waals surface area contributed by atoms with Gasteiger partial charge in [-0.3, -0.25) is 9.69 Å². The van der Waals surface area contributed by atoms with E-state index in [0.29, 0.717) is 28.9 Å². The van der Waals surface area contributed by atoms with Gasteiger partial charge in [-0.15, -0.1) is 0 Å². The summed E-state index contributed by atoms with van der Waals surface area (Å²) in [6, 6.07) is 10.6. The van der Waals surface area contributed by atoms with Gasteiger partial charge >= 0.3 is 5.92 Å². The van der Waals surface area contributed by atoms with E-state index in [1.807, 2.05) is 6.07 Å². The number of likely N-dealkylation sites (tertiary alicyclic amines) is 1. The number of carbonyl (C=O) groups is 1. The van der Waals surface area contributed by atoms with Crippen LogP contribution in [0.4, 0.5) is 26.2 Å². The van der Waals surface area contributed by atoms with Crippen molar-refractivity contribution in [2.75, 3.05) is 69.8 Å². The minimum atomic E-state index is -3.38. The summed E-state index contributed by atoms with van der Waals surface area (Å²) in [5.41, 5.74) is 1.99. The summed E-state index contributed by atoms with van der Waals surface area (Å²) in [7, 11) is 1.62. The minimum absolute atomic E-state index is 0.00140. The Kier molecular flexibility index (Phi) is 9.35. The van der Waals surface area contributed by atoms with E-state index in [-0.39, 0.29) is 30.2 Å². The van der Waals surface area contributed by atoms with Gasteiger partial charge in [0, 0.05) is 57.0 Å². The van der Waals surface area contributed by atoms with Crippen LogP contribution >= 0.6 is 0 Å². The number of aromatic nitrogens is 3. The highest BCUT2D eigenvalue weighted by molar-refractivity contribution is 5.80. The molecule has 1 aromatic carbocycles.